The largest absolute Gasteiger partial charge is 0.497 e. The van der Waals surface area contributed by atoms with Crippen LogP contribution in [0.25, 0.3) is 11.4 Å². The maximum absolute atomic E-state index is 13.7. The van der Waals surface area contributed by atoms with Gasteiger partial charge in [-0.15, -0.1) is 5.10 Å². The Labute approximate surface area is 214 Å². The monoisotopic (exact) mass is 497 g/mol. The van der Waals surface area contributed by atoms with Gasteiger partial charge in [0.05, 0.1) is 26.9 Å². The summed E-state index contributed by atoms with van der Waals surface area (Å²) in [5.74, 6) is 2.58. The van der Waals surface area contributed by atoms with Crippen LogP contribution in [0.4, 0.5) is 11.6 Å². The number of benzene rings is 3. The van der Waals surface area contributed by atoms with Crippen LogP contribution in [0.3, 0.4) is 0 Å². The van der Waals surface area contributed by atoms with Gasteiger partial charge in [-0.25, -0.2) is 4.68 Å². The summed E-state index contributed by atoms with van der Waals surface area (Å²) in [6.07, 6.45) is 0. The van der Waals surface area contributed by atoms with Crippen molar-refractivity contribution >= 4 is 17.5 Å². The van der Waals surface area contributed by atoms with Crippen molar-refractivity contribution in [3.8, 4) is 28.6 Å². The van der Waals surface area contributed by atoms with Gasteiger partial charge in [0.25, 0.3) is 5.91 Å². The van der Waals surface area contributed by atoms with Crippen LogP contribution >= 0.6 is 0 Å². The number of fused-ring (bicyclic) bond motifs is 1. The lowest BCUT2D eigenvalue weighted by atomic mass is 9.94. The number of para-hydroxylation sites is 2. The van der Waals surface area contributed by atoms with Crippen molar-refractivity contribution in [3.05, 3.63) is 89.6 Å². The quantitative estimate of drug-likeness (QED) is 0.375. The molecule has 0 saturated heterocycles. The first kappa shape index (κ1) is 23.9. The summed E-state index contributed by atoms with van der Waals surface area (Å²) >= 11 is 0. The van der Waals surface area contributed by atoms with E-state index >= 15 is 0 Å². The van der Waals surface area contributed by atoms with Gasteiger partial charge in [0.2, 0.25) is 5.95 Å². The van der Waals surface area contributed by atoms with Gasteiger partial charge in [-0.3, -0.25) is 4.79 Å². The lowest BCUT2D eigenvalue weighted by Gasteiger charge is -2.29. The third-order valence-electron chi connectivity index (χ3n) is 6.17. The van der Waals surface area contributed by atoms with Crippen molar-refractivity contribution in [2.45, 2.75) is 13.0 Å². The number of allylic oxidation sites excluding steroid dienone is 1. The Balaban J connectivity index is 1.64. The first-order chi connectivity index (χ1) is 18.0. The number of nitrogens with zero attached hydrogens (tertiary/aromatic N) is 3. The number of methoxy groups -OCH3 is 3. The normalized spacial score (nSPS) is 14.4. The number of amides is 1. The molecule has 1 unspecified atom stereocenters. The lowest BCUT2D eigenvalue weighted by molar-refractivity contribution is -0.113. The highest BCUT2D eigenvalue weighted by Crippen LogP contribution is 2.40. The topological polar surface area (TPSA) is 99.5 Å². The number of nitrogens with one attached hydrogen (secondary N) is 2. The van der Waals surface area contributed by atoms with Crippen LogP contribution in [0.1, 0.15) is 18.5 Å². The average Bonchev–Trinajstić information content (AvgIpc) is 3.36. The molecule has 9 nitrogen and oxygen atoms in total. The fraction of sp³-hybridized carbons (Fsp3) is 0.179. The van der Waals surface area contributed by atoms with Crippen LogP contribution < -0.4 is 24.8 Å². The molecule has 9 heteroatoms. The van der Waals surface area contributed by atoms with E-state index < -0.39 is 6.04 Å². The van der Waals surface area contributed by atoms with E-state index in [1.807, 2.05) is 73.7 Å². The van der Waals surface area contributed by atoms with Gasteiger partial charge in [0, 0.05) is 28.6 Å². The highest BCUT2D eigenvalue weighted by Gasteiger charge is 2.36. The molecule has 5 rings (SSSR count). The number of anilines is 2. The zero-order valence-electron chi connectivity index (χ0n) is 21.0. The minimum Gasteiger partial charge on any atom is -0.497 e. The number of hydrogen-bond donors (Lipinski definition) is 2. The number of ether oxygens (including phenoxy) is 3. The van der Waals surface area contributed by atoms with Crippen LogP contribution in [0, 0.1) is 0 Å². The molecule has 3 aromatic carbocycles. The van der Waals surface area contributed by atoms with E-state index in [0.717, 1.165) is 5.56 Å². The van der Waals surface area contributed by atoms with Crippen molar-refractivity contribution in [2.24, 2.45) is 0 Å². The second-order valence-electron chi connectivity index (χ2n) is 8.43. The SMILES string of the molecule is COc1cc(OC)cc(-c2nc3n(n2)C(c2ccccc2OC)C(C(=O)Nc2ccccc2)=C(C)N3)c1. The smallest absolute Gasteiger partial charge is 0.255 e. The Morgan fingerprint density at radius 3 is 2.27 bits per heavy atom. The average molecular weight is 498 g/mol. The molecule has 1 atom stereocenters. The number of carbonyl (C=O) groups excluding carboxylic acids is 1. The molecule has 0 bridgehead atoms. The lowest BCUT2D eigenvalue weighted by Crippen LogP contribution is -2.31. The fourth-order valence-corrected chi connectivity index (χ4v) is 4.40. The van der Waals surface area contributed by atoms with Gasteiger partial charge in [-0.1, -0.05) is 36.4 Å². The molecule has 1 aromatic heterocycles. The molecule has 1 aliphatic heterocycles. The third-order valence-corrected chi connectivity index (χ3v) is 6.17. The Hall–Kier alpha value is -4.79. The molecule has 37 heavy (non-hydrogen) atoms. The maximum atomic E-state index is 13.7. The molecule has 188 valence electrons. The van der Waals surface area contributed by atoms with Crippen molar-refractivity contribution in [3.63, 3.8) is 0 Å². The van der Waals surface area contributed by atoms with E-state index in [4.69, 9.17) is 24.3 Å². The summed E-state index contributed by atoms with van der Waals surface area (Å²) in [6, 6.07) is 21.8. The number of carbonyl (C=O) groups is 1. The Morgan fingerprint density at radius 2 is 1.59 bits per heavy atom. The van der Waals surface area contributed by atoms with Gasteiger partial charge in [0.15, 0.2) is 5.82 Å². The Kier molecular flexibility index (Phi) is 6.51. The van der Waals surface area contributed by atoms with Gasteiger partial charge in [0.1, 0.15) is 23.3 Å². The second kappa shape index (κ2) is 10.1. The summed E-state index contributed by atoms with van der Waals surface area (Å²) in [6.45, 7) is 1.86. The molecule has 0 aliphatic carbocycles. The first-order valence-electron chi connectivity index (χ1n) is 11.7. The summed E-state index contributed by atoms with van der Waals surface area (Å²) in [7, 11) is 4.79. The molecule has 0 fully saturated rings. The summed E-state index contributed by atoms with van der Waals surface area (Å²) in [5, 5.41) is 11.1. The van der Waals surface area contributed by atoms with Gasteiger partial charge >= 0.3 is 0 Å². The van der Waals surface area contributed by atoms with Crippen molar-refractivity contribution < 1.29 is 19.0 Å². The summed E-state index contributed by atoms with van der Waals surface area (Å²) < 4.78 is 18.2. The zero-order valence-corrected chi connectivity index (χ0v) is 21.0. The van der Waals surface area contributed by atoms with E-state index in [2.05, 4.69) is 10.6 Å². The Bertz CT molecular complexity index is 1460. The van der Waals surface area contributed by atoms with E-state index in [9.17, 15) is 4.79 Å². The molecule has 1 aliphatic rings. The standard InChI is InChI=1S/C28H27N5O4/c1-17-24(27(34)30-19-10-6-5-7-11-19)25(22-12-8-9-13-23(22)37-4)33-28(29-17)31-26(32-33)18-14-20(35-2)16-21(15-18)36-3/h5-16,25H,1-4H3,(H,30,34)(H,29,31,32). The number of hydrogen-bond acceptors (Lipinski definition) is 7. The molecule has 2 N–H and O–H groups in total. The zero-order chi connectivity index (χ0) is 25.9. The molecular weight excluding hydrogens is 470 g/mol. The second-order valence-corrected chi connectivity index (χ2v) is 8.43. The van der Waals surface area contributed by atoms with Crippen molar-refractivity contribution in [1.29, 1.82) is 0 Å². The van der Waals surface area contributed by atoms with Crippen LogP contribution in [-0.2, 0) is 4.79 Å². The van der Waals surface area contributed by atoms with E-state index in [-0.39, 0.29) is 5.91 Å². The summed E-state index contributed by atoms with van der Waals surface area (Å²) in [4.78, 5) is 18.4. The molecule has 0 radical (unpaired) electrons. The molecular formula is C28H27N5O4. The Morgan fingerprint density at radius 1 is 0.919 bits per heavy atom. The molecule has 4 aromatic rings. The van der Waals surface area contributed by atoms with E-state index in [1.54, 1.807) is 32.1 Å². The predicted octanol–water partition coefficient (Wildman–Crippen LogP) is 4.90. The number of aromatic nitrogens is 3. The molecule has 0 spiro atoms. The molecule has 1 amide bonds. The van der Waals surface area contributed by atoms with Crippen LogP contribution in [0.5, 0.6) is 17.2 Å². The van der Waals surface area contributed by atoms with Gasteiger partial charge in [-0.05, 0) is 37.3 Å². The van der Waals surface area contributed by atoms with Gasteiger partial charge < -0.3 is 24.8 Å². The van der Waals surface area contributed by atoms with E-state index in [0.29, 0.717) is 51.5 Å². The summed E-state index contributed by atoms with van der Waals surface area (Å²) in [5.41, 5.74) is 3.36. The highest BCUT2D eigenvalue weighted by molar-refractivity contribution is 6.06. The van der Waals surface area contributed by atoms with Crippen LogP contribution in [0.2, 0.25) is 0 Å². The number of rotatable bonds is 7. The van der Waals surface area contributed by atoms with E-state index in [1.165, 1.54) is 0 Å². The fourth-order valence-electron chi connectivity index (χ4n) is 4.40. The highest BCUT2D eigenvalue weighted by atomic mass is 16.5. The molecule has 2 heterocycles. The van der Waals surface area contributed by atoms with Gasteiger partial charge in [-0.2, -0.15) is 4.98 Å². The minimum absolute atomic E-state index is 0.252. The first-order valence-corrected chi connectivity index (χ1v) is 11.7. The molecule has 0 saturated carbocycles. The maximum Gasteiger partial charge on any atom is 0.255 e. The minimum atomic E-state index is -0.593. The van der Waals surface area contributed by atoms with Crippen LogP contribution in [-0.4, -0.2) is 42.0 Å². The van der Waals surface area contributed by atoms with Crippen molar-refractivity contribution in [1.82, 2.24) is 14.8 Å². The van der Waals surface area contributed by atoms with Crippen molar-refractivity contribution in [2.75, 3.05) is 32.0 Å². The predicted molar refractivity (Wildman–Crippen MR) is 141 cm³/mol. The third kappa shape index (κ3) is 4.58. The van der Waals surface area contributed by atoms with Crippen LogP contribution in [0.15, 0.2) is 84.1 Å².